The van der Waals surface area contributed by atoms with Crippen molar-refractivity contribution in [2.45, 2.75) is 26.8 Å². The second kappa shape index (κ2) is 6.62. The normalized spacial score (nSPS) is 12.2. The van der Waals surface area contributed by atoms with Crippen LogP contribution in [0.15, 0.2) is 18.2 Å². The van der Waals surface area contributed by atoms with Gasteiger partial charge < -0.3 is 10.1 Å². The lowest BCUT2D eigenvalue weighted by Gasteiger charge is -2.18. The highest BCUT2D eigenvalue weighted by Gasteiger charge is 2.22. The highest BCUT2D eigenvalue weighted by Crippen LogP contribution is 2.22. The van der Waals surface area contributed by atoms with E-state index < -0.39 is 6.04 Å². The van der Waals surface area contributed by atoms with Crippen molar-refractivity contribution in [2.24, 2.45) is 0 Å². The molecule has 0 saturated carbocycles. The summed E-state index contributed by atoms with van der Waals surface area (Å²) >= 11 is 5.90. The molecule has 0 fully saturated rings. The number of carbonyl (C=O) groups excluding carboxylic acids is 1. The van der Waals surface area contributed by atoms with E-state index >= 15 is 0 Å². The van der Waals surface area contributed by atoms with Crippen LogP contribution in [-0.4, -0.2) is 19.1 Å². The minimum absolute atomic E-state index is 0.250. The highest BCUT2D eigenvalue weighted by molar-refractivity contribution is 6.30. The van der Waals surface area contributed by atoms with Crippen LogP contribution in [-0.2, 0) is 9.53 Å². The molecule has 1 N–H and O–H groups in total. The second-order valence-corrected chi connectivity index (χ2v) is 4.18. The second-order valence-electron chi connectivity index (χ2n) is 3.74. The summed E-state index contributed by atoms with van der Waals surface area (Å²) in [4.78, 5) is 11.9. The van der Waals surface area contributed by atoms with Crippen molar-refractivity contribution in [3.63, 3.8) is 0 Å². The molecule has 0 radical (unpaired) electrons. The van der Waals surface area contributed by atoms with Gasteiger partial charge in [0, 0.05) is 5.02 Å². The first-order chi connectivity index (χ1) is 8.10. The van der Waals surface area contributed by atoms with Crippen molar-refractivity contribution in [3.05, 3.63) is 34.3 Å². The minimum Gasteiger partial charge on any atom is -0.465 e. The Hall–Kier alpha value is -1.06. The van der Waals surface area contributed by atoms with Gasteiger partial charge in [-0.15, -0.1) is 0 Å². The highest BCUT2D eigenvalue weighted by atomic mass is 35.5. The summed E-state index contributed by atoms with van der Waals surface area (Å²) in [5.41, 5.74) is 1.89. The van der Waals surface area contributed by atoms with Crippen LogP contribution in [0.3, 0.4) is 0 Å². The van der Waals surface area contributed by atoms with Crippen LogP contribution < -0.4 is 5.32 Å². The number of hydrogen-bond donors (Lipinski definition) is 1. The van der Waals surface area contributed by atoms with Gasteiger partial charge in [0.1, 0.15) is 6.04 Å². The lowest BCUT2D eigenvalue weighted by Crippen LogP contribution is -2.30. The fourth-order valence-electron chi connectivity index (χ4n) is 1.71. The van der Waals surface area contributed by atoms with Gasteiger partial charge in [0.05, 0.1) is 6.61 Å². The molecule has 0 bridgehead atoms. The topological polar surface area (TPSA) is 38.3 Å². The molecular formula is C13H18ClNO2. The lowest BCUT2D eigenvalue weighted by molar-refractivity contribution is -0.145. The van der Waals surface area contributed by atoms with Gasteiger partial charge in [-0.25, -0.2) is 4.79 Å². The molecule has 0 aliphatic carbocycles. The largest absolute Gasteiger partial charge is 0.465 e. The number of hydrogen-bond acceptors (Lipinski definition) is 3. The average Bonchev–Trinajstić information content (AvgIpc) is 2.27. The first-order valence-electron chi connectivity index (χ1n) is 5.76. The molecule has 0 heterocycles. The van der Waals surface area contributed by atoms with E-state index in [2.05, 4.69) is 5.32 Å². The molecule has 17 heavy (non-hydrogen) atoms. The molecule has 1 aromatic carbocycles. The predicted octanol–water partition coefficient (Wildman–Crippen LogP) is 2.86. The van der Waals surface area contributed by atoms with Gasteiger partial charge in [-0.1, -0.05) is 24.6 Å². The van der Waals surface area contributed by atoms with Crippen molar-refractivity contribution in [3.8, 4) is 0 Å². The Morgan fingerprint density at radius 2 is 2.18 bits per heavy atom. The van der Waals surface area contributed by atoms with E-state index in [1.54, 1.807) is 13.0 Å². The van der Waals surface area contributed by atoms with E-state index in [9.17, 15) is 4.79 Å². The van der Waals surface area contributed by atoms with Gasteiger partial charge in [-0.3, -0.25) is 0 Å². The van der Waals surface area contributed by atoms with E-state index in [1.807, 2.05) is 26.0 Å². The summed E-state index contributed by atoms with van der Waals surface area (Å²) in [5, 5.41) is 3.80. The number of benzene rings is 1. The SMILES string of the molecule is CCNC(C(=O)OCC)c1ccc(Cl)cc1C. The molecule has 1 aromatic rings. The lowest BCUT2D eigenvalue weighted by atomic mass is 10.0. The Kier molecular flexibility index (Phi) is 5.45. The minimum atomic E-state index is -0.419. The third kappa shape index (κ3) is 3.72. The number of carbonyl (C=O) groups is 1. The smallest absolute Gasteiger partial charge is 0.327 e. The van der Waals surface area contributed by atoms with Gasteiger partial charge in [-0.2, -0.15) is 0 Å². The van der Waals surface area contributed by atoms with Gasteiger partial charge in [0.25, 0.3) is 0 Å². The van der Waals surface area contributed by atoms with Crippen LogP contribution in [0.2, 0.25) is 5.02 Å². The van der Waals surface area contributed by atoms with Crippen LogP contribution >= 0.6 is 11.6 Å². The maximum atomic E-state index is 11.9. The molecule has 1 atom stereocenters. The number of ether oxygens (including phenoxy) is 1. The van der Waals surface area contributed by atoms with Crippen molar-refractivity contribution in [1.82, 2.24) is 5.32 Å². The Bertz CT molecular complexity index is 393. The molecule has 0 saturated heterocycles. The average molecular weight is 256 g/mol. The third-order valence-corrected chi connectivity index (χ3v) is 2.71. The first kappa shape index (κ1) is 14.0. The Morgan fingerprint density at radius 3 is 2.71 bits per heavy atom. The first-order valence-corrected chi connectivity index (χ1v) is 6.14. The molecule has 0 amide bonds. The van der Waals surface area contributed by atoms with Gasteiger partial charge in [0.2, 0.25) is 0 Å². The molecule has 0 aromatic heterocycles. The fraction of sp³-hybridized carbons (Fsp3) is 0.462. The van der Waals surface area contributed by atoms with Crippen molar-refractivity contribution in [1.29, 1.82) is 0 Å². The Labute approximate surface area is 107 Å². The maximum absolute atomic E-state index is 11.9. The van der Waals surface area contributed by atoms with Crippen molar-refractivity contribution >= 4 is 17.6 Å². The summed E-state index contributed by atoms with van der Waals surface area (Å²) in [6, 6.07) is 5.08. The summed E-state index contributed by atoms with van der Waals surface area (Å²) in [6.07, 6.45) is 0. The number of halogens is 1. The molecular weight excluding hydrogens is 238 g/mol. The van der Waals surface area contributed by atoms with Crippen LogP contribution in [0.25, 0.3) is 0 Å². The number of nitrogens with one attached hydrogen (secondary N) is 1. The Balaban J connectivity index is 3.00. The Morgan fingerprint density at radius 1 is 1.47 bits per heavy atom. The summed E-state index contributed by atoms with van der Waals surface area (Å²) in [7, 11) is 0. The van der Waals surface area contributed by atoms with Gasteiger partial charge >= 0.3 is 5.97 Å². The molecule has 1 unspecified atom stereocenters. The quantitative estimate of drug-likeness (QED) is 0.823. The van der Waals surface area contributed by atoms with Gasteiger partial charge in [-0.05, 0) is 43.7 Å². The van der Waals surface area contributed by atoms with Crippen LogP contribution in [0.4, 0.5) is 0 Å². The summed E-state index contributed by atoms with van der Waals surface area (Å²) in [6.45, 7) is 6.77. The number of esters is 1. The maximum Gasteiger partial charge on any atom is 0.327 e. The van der Waals surface area contributed by atoms with E-state index in [1.165, 1.54) is 0 Å². The summed E-state index contributed by atoms with van der Waals surface area (Å²) in [5.74, 6) is -0.250. The standard InChI is InChI=1S/C13H18ClNO2/c1-4-15-12(13(16)17-5-2)11-7-6-10(14)8-9(11)3/h6-8,12,15H,4-5H2,1-3H3. The van der Waals surface area contributed by atoms with E-state index in [-0.39, 0.29) is 5.97 Å². The van der Waals surface area contributed by atoms with Crippen molar-refractivity contribution < 1.29 is 9.53 Å². The number of aryl methyl sites for hydroxylation is 1. The third-order valence-electron chi connectivity index (χ3n) is 2.47. The van der Waals surface area contributed by atoms with Crippen LogP contribution in [0, 0.1) is 6.92 Å². The molecule has 0 spiro atoms. The number of likely N-dealkylation sites (N-methyl/N-ethyl adjacent to an activating group) is 1. The predicted molar refractivity (Wildman–Crippen MR) is 69.2 cm³/mol. The van der Waals surface area contributed by atoms with E-state index in [0.29, 0.717) is 18.2 Å². The van der Waals surface area contributed by atoms with Crippen LogP contribution in [0.5, 0.6) is 0 Å². The van der Waals surface area contributed by atoms with E-state index in [0.717, 1.165) is 11.1 Å². The van der Waals surface area contributed by atoms with Gasteiger partial charge in [0.15, 0.2) is 0 Å². The van der Waals surface area contributed by atoms with E-state index in [4.69, 9.17) is 16.3 Å². The zero-order valence-corrected chi connectivity index (χ0v) is 11.2. The van der Waals surface area contributed by atoms with Crippen molar-refractivity contribution in [2.75, 3.05) is 13.2 Å². The molecule has 94 valence electrons. The fourth-order valence-corrected chi connectivity index (χ4v) is 1.94. The monoisotopic (exact) mass is 255 g/mol. The number of rotatable bonds is 5. The molecule has 4 heteroatoms. The molecule has 3 nitrogen and oxygen atoms in total. The molecule has 0 aliphatic rings. The van der Waals surface area contributed by atoms with Crippen LogP contribution in [0.1, 0.15) is 31.0 Å². The molecule has 0 aliphatic heterocycles. The zero-order valence-electron chi connectivity index (χ0n) is 10.4. The molecule has 1 rings (SSSR count). The summed E-state index contributed by atoms with van der Waals surface area (Å²) < 4.78 is 5.06. The zero-order chi connectivity index (χ0) is 12.8.